The highest BCUT2D eigenvalue weighted by atomic mass is 16.2. The summed E-state index contributed by atoms with van der Waals surface area (Å²) in [5.41, 5.74) is 0.0923. The lowest BCUT2D eigenvalue weighted by molar-refractivity contribution is -0.138. The number of rotatable bonds is 0. The first-order valence-electron chi connectivity index (χ1n) is 5.74. The smallest absolute Gasteiger partial charge is 0.224 e. The number of carbonyl (C=O) groups excluding carboxylic acids is 1. The summed E-state index contributed by atoms with van der Waals surface area (Å²) in [5, 5.41) is 3.33. The van der Waals surface area contributed by atoms with Gasteiger partial charge in [0.05, 0.1) is 0 Å². The second-order valence-electron chi connectivity index (χ2n) is 6.24. The van der Waals surface area contributed by atoms with Crippen molar-refractivity contribution in [2.45, 2.75) is 46.6 Å². The van der Waals surface area contributed by atoms with Crippen LogP contribution in [-0.4, -0.2) is 36.0 Å². The van der Waals surface area contributed by atoms with Gasteiger partial charge in [-0.1, -0.05) is 13.8 Å². The summed E-state index contributed by atoms with van der Waals surface area (Å²) in [7, 11) is 0. The molecule has 1 amide bonds. The highest BCUT2D eigenvalue weighted by Crippen LogP contribution is 2.24. The first kappa shape index (κ1) is 12.5. The van der Waals surface area contributed by atoms with Gasteiger partial charge in [-0.05, 0) is 26.2 Å². The number of nitrogens with zero attached hydrogens (tertiary/aromatic N) is 1. The van der Waals surface area contributed by atoms with Crippen LogP contribution >= 0.6 is 0 Å². The van der Waals surface area contributed by atoms with E-state index < -0.39 is 0 Å². The number of nitrogens with one attached hydrogen (secondary N) is 1. The molecular weight excluding hydrogens is 188 g/mol. The molecule has 88 valence electrons. The van der Waals surface area contributed by atoms with E-state index in [1.54, 1.807) is 0 Å². The maximum absolute atomic E-state index is 12.0. The van der Waals surface area contributed by atoms with Crippen molar-refractivity contribution in [3.63, 3.8) is 0 Å². The van der Waals surface area contributed by atoms with Crippen LogP contribution < -0.4 is 5.32 Å². The van der Waals surface area contributed by atoms with Crippen LogP contribution in [0.4, 0.5) is 0 Å². The van der Waals surface area contributed by atoms with Crippen LogP contribution in [0.1, 0.15) is 41.0 Å². The Bertz CT molecular complexity index is 240. The standard InChI is InChI=1S/C12H24N2O/c1-11(2,3)14-9-12(4,5)8-13-7-6-10(14)15/h13H,6-9H2,1-5H3. The molecule has 3 heteroatoms. The Hall–Kier alpha value is -0.570. The summed E-state index contributed by atoms with van der Waals surface area (Å²) < 4.78 is 0. The minimum absolute atomic E-state index is 0.0638. The van der Waals surface area contributed by atoms with Crippen LogP contribution in [0.3, 0.4) is 0 Å². The van der Waals surface area contributed by atoms with Crippen molar-refractivity contribution in [2.24, 2.45) is 5.41 Å². The van der Waals surface area contributed by atoms with Gasteiger partial charge >= 0.3 is 0 Å². The molecule has 0 aromatic rings. The van der Waals surface area contributed by atoms with Crippen molar-refractivity contribution in [2.75, 3.05) is 19.6 Å². The summed E-state index contributed by atoms with van der Waals surface area (Å²) >= 11 is 0. The highest BCUT2D eigenvalue weighted by Gasteiger charge is 2.33. The number of hydrogen-bond acceptors (Lipinski definition) is 2. The quantitative estimate of drug-likeness (QED) is 0.662. The maximum atomic E-state index is 12.0. The molecule has 0 saturated carbocycles. The Morgan fingerprint density at radius 2 is 1.93 bits per heavy atom. The molecule has 0 radical (unpaired) electrons. The lowest BCUT2D eigenvalue weighted by atomic mass is 9.89. The molecule has 1 rings (SSSR count). The van der Waals surface area contributed by atoms with Gasteiger partial charge < -0.3 is 10.2 Å². The molecule has 3 nitrogen and oxygen atoms in total. The molecule has 0 aromatic carbocycles. The molecule has 1 aliphatic heterocycles. The Morgan fingerprint density at radius 1 is 1.33 bits per heavy atom. The molecule has 1 aliphatic rings. The van der Waals surface area contributed by atoms with E-state index in [4.69, 9.17) is 0 Å². The van der Waals surface area contributed by atoms with Gasteiger partial charge in [0, 0.05) is 31.6 Å². The van der Waals surface area contributed by atoms with Crippen molar-refractivity contribution < 1.29 is 4.79 Å². The topological polar surface area (TPSA) is 32.3 Å². The van der Waals surface area contributed by atoms with Gasteiger partial charge in [0.2, 0.25) is 5.91 Å². The Labute approximate surface area is 93.2 Å². The second kappa shape index (κ2) is 4.12. The van der Waals surface area contributed by atoms with Gasteiger partial charge in [0.25, 0.3) is 0 Å². The Kier molecular flexibility index (Phi) is 3.44. The lowest BCUT2D eigenvalue weighted by Crippen LogP contribution is -2.54. The molecule has 1 N–H and O–H groups in total. The van der Waals surface area contributed by atoms with Crippen molar-refractivity contribution in [1.29, 1.82) is 0 Å². The molecule has 0 aromatic heterocycles. The number of carbonyl (C=O) groups is 1. The molecule has 15 heavy (non-hydrogen) atoms. The minimum atomic E-state index is -0.0638. The molecule has 0 atom stereocenters. The van der Waals surface area contributed by atoms with E-state index in [0.717, 1.165) is 19.6 Å². The van der Waals surface area contributed by atoms with Crippen molar-refractivity contribution in [3.8, 4) is 0 Å². The third-order valence-electron chi connectivity index (χ3n) is 2.82. The van der Waals surface area contributed by atoms with Gasteiger partial charge in [-0.15, -0.1) is 0 Å². The zero-order valence-corrected chi connectivity index (χ0v) is 10.7. The Morgan fingerprint density at radius 3 is 2.47 bits per heavy atom. The molecule has 1 saturated heterocycles. The molecule has 0 bridgehead atoms. The van der Waals surface area contributed by atoms with Gasteiger partial charge in [-0.2, -0.15) is 0 Å². The van der Waals surface area contributed by atoms with Crippen LogP contribution in [0.25, 0.3) is 0 Å². The summed E-state index contributed by atoms with van der Waals surface area (Å²) in [6.45, 7) is 13.3. The van der Waals surface area contributed by atoms with E-state index >= 15 is 0 Å². The number of hydrogen-bond donors (Lipinski definition) is 1. The van der Waals surface area contributed by atoms with Crippen molar-refractivity contribution >= 4 is 5.91 Å². The molecular formula is C12H24N2O. The third kappa shape index (κ3) is 3.49. The van der Waals surface area contributed by atoms with Crippen molar-refractivity contribution in [1.82, 2.24) is 10.2 Å². The molecule has 0 spiro atoms. The fraction of sp³-hybridized carbons (Fsp3) is 0.917. The zero-order valence-electron chi connectivity index (χ0n) is 10.7. The first-order chi connectivity index (χ1) is 6.72. The first-order valence-corrected chi connectivity index (χ1v) is 5.74. The van der Waals surface area contributed by atoms with Gasteiger partial charge in [0.15, 0.2) is 0 Å². The molecule has 1 heterocycles. The fourth-order valence-corrected chi connectivity index (χ4v) is 1.94. The van der Waals surface area contributed by atoms with Crippen molar-refractivity contribution in [3.05, 3.63) is 0 Å². The molecule has 0 unspecified atom stereocenters. The van der Waals surface area contributed by atoms with Crippen LogP contribution in [0.5, 0.6) is 0 Å². The van der Waals surface area contributed by atoms with E-state index in [0.29, 0.717) is 6.42 Å². The largest absolute Gasteiger partial charge is 0.337 e. The van der Waals surface area contributed by atoms with E-state index in [1.807, 2.05) is 4.90 Å². The maximum Gasteiger partial charge on any atom is 0.224 e. The van der Waals surface area contributed by atoms with Gasteiger partial charge in [-0.25, -0.2) is 0 Å². The highest BCUT2D eigenvalue weighted by molar-refractivity contribution is 5.77. The van der Waals surface area contributed by atoms with E-state index in [2.05, 4.69) is 39.9 Å². The van der Waals surface area contributed by atoms with Crippen LogP contribution in [0, 0.1) is 5.41 Å². The SMILES string of the molecule is CC1(C)CNCCC(=O)N(C(C)(C)C)C1. The Balaban J connectivity index is 2.84. The number of amides is 1. The normalized spacial score (nSPS) is 23.5. The summed E-state index contributed by atoms with van der Waals surface area (Å²) in [4.78, 5) is 14.0. The zero-order chi connectivity index (χ0) is 11.7. The predicted octanol–water partition coefficient (Wildman–Crippen LogP) is 1.63. The van der Waals surface area contributed by atoms with Crippen LogP contribution in [0.15, 0.2) is 0 Å². The van der Waals surface area contributed by atoms with Crippen LogP contribution in [-0.2, 0) is 4.79 Å². The monoisotopic (exact) mass is 212 g/mol. The average Bonchev–Trinajstić information content (AvgIpc) is 2.04. The van der Waals surface area contributed by atoms with Crippen LogP contribution in [0.2, 0.25) is 0 Å². The molecule has 0 aliphatic carbocycles. The van der Waals surface area contributed by atoms with E-state index in [-0.39, 0.29) is 16.9 Å². The third-order valence-corrected chi connectivity index (χ3v) is 2.82. The molecule has 1 fully saturated rings. The lowest BCUT2D eigenvalue weighted by Gasteiger charge is -2.42. The van der Waals surface area contributed by atoms with Gasteiger partial charge in [-0.3, -0.25) is 4.79 Å². The van der Waals surface area contributed by atoms with Gasteiger partial charge in [0.1, 0.15) is 0 Å². The summed E-state index contributed by atoms with van der Waals surface area (Å²) in [5.74, 6) is 0.266. The average molecular weight is 212 g/mol. The second-order valence-corrected chi connectivity index (χ2v) is 6.24. The summed E-state index contributed by atoms with van der Waals surface area (Å²) in [6, 6.07) is 0. The minimum Gasteiger partial charge on any atom is -0.337 e. The fourth-order valence-electron chi connectivity index (χ4n) is 1.94. The summed E-state index contributed by atoms with van der Waals surface area (Å²) in [6.07, 6.45) is 0.618. The van der Waals surface area contributed by atoms with E-state index in [1.165, 1.54) is 0 Å². The van der Waals surface area contributed by atoms with E-state index in [9.17, 15) is 4.79 Å². The predicted molar refractivity (Wildman–Crippen MR) is 62.7 cm³/mol.